The van der Waals surface area contributed by atoms with E-state index >= 15 is 0 Å². The Bertz CT molecular complexity index is 532. The average molecular weight is 310 g/mol. The molecule has 4 nitrogen and oxygen atoms in total. The fraction of sp³-hybridized carbons (Fsp3) is 0.625. The van der Waals surface area contributed by atoms with Crippen molar-refractivity contribution >= 4 is 10.0 Å². The zero-order valence-electron chi connectivity index (χ0n) is 13.0. The predicted molar refractivity (Wildman–Crippen MR) is 86.6 cm³/mol. The lowest BCUT2D eigenvalue weighted by Crippen LogP contribution is -2.38. The number of hydrogen-bond donors (Lipinski definition) is 1. The fourth-order valence-corrected chi connectivity index (χ4v) is 3.34. The van der Waals surface area contributed by atoms with Crippen LogP contribution < -0.4 is 4.72 Å². The van der Waals surface area contributed by atoms with Gasteiger partial charge in [-0.05, 0) is 51.3 Å². The van der Waals surface area contributed by atoms with Crippen molar-refractivity contribution < 1.29 is 8.42 Å². The summed E-state index contributed by atoms with van der Waals surface area (Å²) in [4.78, 5) is 2.45. The lowest BCUT2D eigenvalue weighted by atomic mass is 9.97. The number of piperidine rings is 1. The molecule has 0 atom stereocenters. The number of aryl methyl sites for hydroxylation is 1. The van der Waals surface area contributed by atoms with Crippen LogP contribution in [-0.2, 0) is 16.6 Å². The largest absolute Gasteiger partial charge is 0.299 e. The SMILES string of the molecule is CCS(=O)(=O)NCC1CCN(Cc2ccc(C)cc2)CC1. The molecule has 2 rings (SSSR count). The highest BCUT2D eigenvalue weighted by atomic mass is 32.2. The number of nitrogens with one attached hydrogen (secondary N) is 1. The van der Waals surface area contributed by atoms with E-state index in [2.05, 4.69) is 40.8 Å². The lowest BCUT2D eigenvalue weighted by molar-refractivity contribution is 0.178. The van der Waals surface area contributed by atoms with Crippen molar-refractivity contribution in [1.82, 2.24) is 9.62 Å². The summed E-state index contributed by atoms with van der Waals surface area (Å²) in [5.74, 6) is 0.639. The van der Waals surface area contributed by atoms with Gasteiger partial charge >= 0.3 is 0 Å². The Morgan fingerprint density at radius 3 is 2.38 bits per heavy atom. The molecule has 0 radical (unpaired) electrons. The molecule has 118 valence electrons. The molecule has 1 heterocycles. The summed E-state index contributed by atoms with van der Waals surface area (Å²) in [6.45, 7) is 7.46. The van der Waals surface area contributed by atoms with E-state index in [0.717, 1.165) is 32.5 Å². The molecule has 1 aliphatic heterocycles. The van der Waals surface area contributed by atoms with Crippen LogP contribution in [0.1, 0.15) is 30.9 Å². The van der Waals surface area contributed by atoms with Crippen LogP contribution in [0.15, 0.2) is 24.3 Å². The van der Waals surface area contributed by atoms with Crippen LogP contribution in [0.2, 0.25) is 0 Å². The van der Waals surface area contributed by atoms with Gasteiger partial charge in [0.05, 0.1) is 5.75 Å². The van der Waals surface area contributed by atoms with Crippen LogP contribution in [0.25, 0.3) is 0 Å². The third kappa shape index (κ3) is 5.41. The topological polar surface area (TPSA) is 49.4 Å². The zero-order chi connectivity index (χ0) is 15.3. The maximum absolute atomic E-state index is 11.5. The average Bonchev–Trinajstić information content (AvgIpc) is 2.49. The monoisotopic (exact) mass is 310 g/mol. The van der Waals surface area contributed by atoms with Crippen LogP contribution >= 0.6 is 0 Å². The molecular weight excluding hydrogens is 284 g/mol. The minimum atomic E-state index is -3.05. The van der Waals surface area contributed by atoms with Crippen molar-refractivity contribution in [3.05, 3.63) is 35.4 Å². The Morgan fingerprint density at radius 2 is 1.81 bits per heavy atom. The van der Waals surface area contributed by atoms with Crippen molar-refractivity contribution in [1.29, 1.82) is 0 Å². The van der Waals surface area contributed by atoms with Crippen LogP contribution in [0.5, 0.6) is 0 Å². The Balaban J connectivity index is 1.74. The van der Waals surface area contributed by atoms with E-state index in [1.165, 1.54) is 11.1 Å². The quantitative estimate of drug-likeness (QED) is 0.876. The smallest absolute Gasteiger partial charge is 0.211 e. The maximum atomic E-state index is 11.5. The molecule has 0 aromatic heterocycles. The molecule has 0 spiro atoms. The highest BCUT2D eigenvalue weighted by Gasteiger charge is 2.20. The summed E-state index contributed by atoms with van der Waals surface area (Å²) in [5, 5.41) is 0. The fourth-order valence-electron chi connectivity index (χ4n) is 2.65. The third-order valence-electron chi connectivity index (χ3n) is 4.21. The second-order valence-corrected chi connectivity index (χ2v) is 8.05. The van der Waals surface area contributed by atoms with Crippen LogP contribution in [-0.4, -0.2) is 38.7 Å². The summed E-state index contributed by atoms with van der Waals surface area (Å²) >= 11 is 0. The molecule has 0 unspecified atom stereocenters. The van der Waals surface area contributed by atoms with Gasteiger partial charge in [-0.1, -0.05) is 29.8 Å². The second kappa shape index (κ2) is 7.38. The Labute approximate surface area is 128 Å². The number of rotatable bonds is 6. The van der Waals surface area contributed by atoms with E-state index in [1.54, 1.807) is 6.92 Å². The van der Waals surface area contributed by atoms with Gasteiger partial charge in [-0.25, -0.2) is 13.1 Å². The molecule has 0 bridgehead atoms. The molecule has 1 aromatic rings. The predicted octanol–water partition coefficient (Wildman–Crippen LogP) is 2.15. The molecule has 5 heteroatoms. The molecule has 1 aliphatic rings. The van der Waals surface area contributed by atoms with Gasteiger partial charge in [0.15, 0.2) is 0 Å². The van der Waals surface area contributed by atoms with Gasteiger partial charge in [0.1, 0.15) is 0 Å². The van der Waals surface area contributed by atoms with Crippen molar-refractivity contribution in [2.24, 2.45) is 5.92 Å². The second-order valence-electron chi connectivity index (χ2n) is 5.96. The Kier molecular flexibility index (Phi) is 5.79. The minimum Gasteiger partial charge on any atom is -0.299 e. The van der Waals surface area contributed by atoms with E-state index < -0.39 is 10.0 Å². The van der Waals surface area contributed by atoms with Crippen molar-refractivity contribution in [3.8, 4) is 0 Å². The third-order valence-corrected chi connectivity index (χ3v) is 5.57. The van der Waals surface area contributed by atoms with E-state index in [-0.39, 0.29) is 5.75 Å². The molecule has 0 amide bonds. The van der Waals surface area contributed by atoms with Gasteiger partial charge in [-0.3, -0.25) is 4.90 Å². The van der Waals surface area contributed by atoms with E-state index in [0.29, 0.717) is 12.5 Å². The van der Waals surface area contributed by atoms with Gasteiger partial charge in [0.2, 0.25) is 10.0 Å². The summed E-state index contributed by atoms with van der Waals surface area (Å²) < 4.78 is 25.6. The summed E-state index contributed by atoms with van der Waals surface area (Å²) in [7, 11) is -3.05. The Hall–Kier alpha value is -0.910. The molecule has 0 aliphatic carbocycles. The molecular formula is C16H26N2O2S. The summed E-state index contributed by atoms with van der Waals surface area (Å²) in [6.07, 6.45) is 2.14. The number of likely N-dealkylation sites (tertiary alicyclic amines) is 1. The molecule has 1 N–H and O–H groups in total. The molecule has 1 saturated heterocycles. The molecule has 21 heavy (non-hydrogen) atoms. The number of nitrogens with zero attached hydrogens (tertiary/aromatic N) is 1. The summed E-state index contributed by atoms with van der Waals surface area (Å²) in [5.41, 5.74) is 2.64. The van der Waals surface area contributed by atoms with Gasteiger partial charge in [0, 0.05) is 13.1 Å². The van der Waals surface area contributed by atoms with E-state index in [1.807, 2.05) is 0 Å². The summed E-state index contributed by atoms with van der Waals surface area (Å²) in [6, 6.07) is 8.69. The maximum Gasteiger partial charge on any atom is 0.211 e. The number of hydrogen-bond acceptors (Lipinski definition) is 3. The van der Waals surface area contributed by atoms with Gasteiger partial charge in [-0.15, -0.1) is 0 Å². The lowest BCUT2D eigenvalue weighted by Gasteiger charge is -2.32. The minimum absolute atomic E-state index is 0.166. The normalized spacial score (nSPS) is 18.0. The molecule has 1 fully saturated rings. The first-order valence-corrected chi connectivity index (χ1v) is 9.39. The highest BCUT2D eigenvalue weighted by Crippen LogP contribution is 2.18. The van der Waals surface area contributed by atoms with Gasteiger partial charge < -0.3 is 0 Å². The standard InChI is InChI=1S/C16H26N2O2S/c1-3-21(19,20)17-12-15-8-10-18(11-9-15)13-16-6-4-14(2)5-7-16/h4-7,15,17H,3,8-13H2,1-2H3. The first-order chi connectivity index (χ1) is 9.98. The van der Waals surface area contributed by atoms with Crippen LogP contribution in [0.4, 0.5) is 0 Å². The van der Waals surface area contributed by atoms with Crippen molar-refractivity contribution in [3.63, 3.8) is 0 Å². The zero-order valence-corrected chi connectivity index (χ0v) is 13.8. The van der Waals surface area contributed by atoms with Crippen molar-refractivity contribution in [2.75, 3.05) is 25.4 Å². The van der Waals surface area contributed by atoms with Crippen molar-refractivity contribution in [2.45, 2.75) is 33.2 Å². The van der Waals surface area contributed by atoms with Crippen LogP contribution in [0, 0.1) is 12.8 Å². The number of benzene rings is 1. The first kappa shape index (κ1) is 16.5. The van der Waals surface area contributed by atoms with Gasteiger partial charge in [-0.2, -0.15) is 0 Å². The Morgan fingerprint density at radius 1 is 1.19 bits per heavy atom. The van der Waals surface area contributed by atoms with Gasteiger partial charge in [0.25, 0.3) is 0 Å². The molecule has 0 saturated carbocycles. The molecule has 1 aromatic carbocycles. The highest BCUT2D eigenvalue weighted by molar-refractivity contribution is 7.89. The first-order valence-electron chi connectivity index (χ1n) is 7.74. The van der Waals surface area contributed by atoms with E-state index in [9.17, 15) is 8.42 Å². The number of sulfonamides is 1. The van der Waals surface area contributed by atoms with Crippen LogP contribution in [0.3, 0.4) is 0 Å². The van der Waals surface area contributed by atoms with E-state index in [4.69, 9.17) is 0 Å².